The summed E-state index contributed by atoms with van der Waals surface area (Å²) >= 11 is 0. The molecule has 4 aromatic heterocycles. The van der Waals surface area contributed by atoms with Gasteiger partial charge in [-0.1, -0.05) is 12.1 Å². The van der Waals surface area contributed by atoms with Gasteiger partial charge in [0.1, 0.15) is 17.1 Å². The fourth-order valence-electron chi connectivity index (χ4n) is 8.02. The second-order valence-corrected chi connectivity index (χ2v) is 13.0. The Labute approximate surface area is 238 Å². The van der Waals surface area contributed by atoms with Crippen LogP contribution in [0.1, 0.15) is 47.2 Å². The second kappa shape index (κ2) is 8.21. The zero-order valence-corrected chi connectivity index (χ0v) is 23.4. The Kier molecular flexibility index (Phi) is 4.72. The quantitative estimate of drug-likeness (QED) is 0.285. The Hall–Kier alpha value is -4.13. The number of hydrogen-bond donors (Lipinski definition) is 1. The van der Waals surface area contributed by atoms with Crippen LogP contribution < -0.4 is 0 Å². The van der Waals surface area contributed by atoms with Crippen LogP contribution in [0.5, 0.6) is 5.75 Å². The predicted molar refractivity (Wildman–Crippen MR) is 158 cm³/mol. The number of aryl methyl sites for hydroxylation is 1. The molecule has 206 valence electrons. The number of nitrogens with zero attached hydrogens (tertiary/aromatic N) is 5. The number of phenolic OH excluding ortho intramolecular Hbond substituents is 1. The largest absolute Gasteiger partial charge is 0.508 e. The van der Waals surface area contributed by atoms with Crippen molar-refractivity contribution in [3.8, 4) is 28.4 Å². The fourth-order valence-corrected chi connectivity index (χ4v) is 8.02. The Morgan fingerprint density at radius 3 is 2.71 bits per heavy atom. The summed E-state index contributed by atoms with van der Waals surface area (Å²) in [5.41, 5.74) is 8.43. The van der Waals surface area contributed by atoms with Crippen LogP contribution in [0.25, 0.3) is 39.2 Å². The fraction of sp³-hybridized carbons (Fsp3) is 0.382. The van der Waals surface area contributed by atoms with Crippen LogP contribution in [0.2, 0.25) is 0 Å². The molecule has 4 atom stereocenters. The van der Waals surface area contributed by atoms with Gasteiger partial charge in [-0.2, -0.15) is 5.10 Å². The van der Waals surface area contributed by atoms with E-state index in [1.807, 2.05) is 41.9 Å². The van der Waals surface area contributed by atoms with Crippen LogP contribution in [0.4, 0.5) is 0 Å². The lowest BCUT2D eigenvalue weighted by Crippen LogP contribution is -2.53. The number of aromatic hydroxyl groups is 1. The molecule has 1 aliphatic heterocycles. The van der Waals surface area contributed by atoms with E-state index in [0.29, 0.717) is 12.0 Å². The summed E-state index contributed by atoms with van der Waals surface area (Å²) in [6.45, 7) is 5.89. The molecule has 1 N–H and O–H groups in total. The van der Waals surface area contributed by atoms with Crippen molar-refractivity contribution in [2.45, 2.75) is 52.1 Å². The van der Waals surface area contributed by atoms with Crippen LogP contribution in [0.15, 0.2) is 54.7 Å². The summed E-state index contributed by atoms with van der Waals surface area (Å²) in [5, 5.41) is 16.5. The molecule has 1 aromatic carbocycles. The Bertz CT molecular complexity index is 1910. The van der Waals surface area contributed by atoms with Gasteiger partial charge in [-0.05, 0) is 99.6 Å². The first-order valence-electron chi connectivity index (χ1n) is 15.0. The molecular formula is C34H33N5O2. The number of carbonyl (C=O) groups is 1. The van der Waals surface area contributed by atoms with Crippen molar-refractivity contribution in [3.05, 3.63) is 71.4 Å². The summed E-state index contributed by atoms with van der Waals surface area (Å²) in [5.74, 6) is 3.45. The maximum absolute atomic E-state index is 13.6. The van der Waals surface area contributed by atoms with Crippen molar-refractivity contribution in [1.82, 2.24) is 24.1 Å². The first-order chi connectivity index (χ1) is 19.9. The minimum Gasteiger partial charge on any atom is -0.508 e. The first-order valence-corrected chi connectivity index (χ1v) is 15.0. The summed E-state index contributed by atoms with van der Waals surface area (Å²) in [4.78, 5) is 20.8. The molecular weight excluding hydrogens is 510 g/mol. The number of carbonyl (C=O) groups excluding carboxylic acids is 1. The van der Waals surface area contributed by atoms with E-state index in [4.69, 9.17) is 10.1 Å². The monoisotopic (exact) mass is 543 g/mol. The first kappa shape index (κ1) is 23.6. The molecule has 1 saturated heterocycles. The molecule has 0 spiro atoms. The SMILES string of the molecule is Cc1c(O)cccc1-c1ccc2cc(-c3nn4cc(C(=O)N5CC6CC7CC5[C@H]76)ccc4c3C)n(CC3CC3)c2n1. The molecule has 7 nitrogen and oxygen atoms in total. The van der Waals surface area contributed by atoms with E-state index in [0.717, 1.165) is 86.7 Å². The van der Waals surface area contributed by atoms with Gasteiger partial charge in [0.2, 0.25) is 0 Å². The van der Waals surface area contributed by atoms with Gasteiger partial charge >= 0.3 is 0 Å². The summed E-state index contributed by atoms with van der Waals surface area (Å²) in [6.07, 6.45) is 6.90. The zero-order valence-electron chi connectivity index (χ0n) is 23.4. The number of likely N-dealkylation sites (tertiary alicyclic amines) is 1. The lowest BCUT2D eigenvalue weighted by molar-refractivity contribution is -0.0204. The smallest absolute Gasteiger partial charge is 0.255 e. The number of hydrogen-bond acceptors (Lipinski definition) is 4. The highest BCUT2D eigenvalue weighted by molar-refractivity contribution is 5.95. The predicted octanol–water partition coefficient (Wildman–Crippen LogP) is 6.23. The van der Waals surface area contributed by atoms with E-state index in [-0.39, 0.29) is 11.7 Å². The van der Waals surface area contributed by atoms with Gasteiger partial charge in [0.25, 0.3) is 5.91 Å². The summed E-state index contributed by atoms with van der Waals surface area (Å²) < 4.78 is 4.24. The molecule has 5 aromatic rings. The number of rotatable bonds is 5. The van der Waals surface area contributed by atoms with Crippen molar-refractivity contribution in [3.63, 3.8) is 0 Å². The third-order valence-corrected chi connectivity index (χ3v) is 10.6. The van der Waals surface area contributed by atoms with Crippen LogP contribution in [0.3, 0.4) is 0 Å². The van der Waals surface area contributed by atoms with Crippen LogP contribution in [-0.4, -0.2) is 47.7 Å². The number of pyridine rings is 2. The third-order valence-electron chi connectivity index (χ3n) is 10.6. The number of amides is 1. The van der Waals surface area contributed by atoms with E-state index in [9.17, 15) is 9.90 Å². The highest BCUT2D eigenvalue weighted by atomic mass is 16.3. The molecule has 1 amide bonds. The van der Waals surface area contributed by atoms with Crippen molar-refractivity contribution in [2.24, 2.45) is 23.7 Å². The maximum atomic E-state index is 13.6. The number of benzene rings is 1. The van der Waals surface area contributed by atoms with Gasteiger partial charge < -0.3 is 14.6 Å². The van der Waals surface area contributed by atoms with Crippen LogP contribution in [-0.2, 0) is 6.54 Å². The van der Waals surface area contributed by atoms with E-state index >= 15 is 0 Å². The molecule has 4 fully saturated rings. The van der Waals surface area contributed by atoms with Crippen molar-refractivity contribution >= 4 is 22.5 Å². The Balaban J connectivity index is 1.13. The molecule has 3 unspecified atom stereocenters. The van der Waals surface area contributed by atoms with E-state index < -0.39 is 0 Å². The topological polar surface area (TPSA) is 75.7 Å². The van der Waals surface area contributed by atoms with E-state index in [2.05, 4.69) is 34.6 Å². The average Bonchev–Trinajstić information content (AvgIpc) is 3.64. The van der Waals surface area contributed by atoms with Crippen LogP contribution >= 0.6 is 0 Å². The molecule has 9 rings (SSSR count). The molecule has 7 heteroatoms. The van der Waals surface area contributed by atoms with Crippen molar-refractivity contribution in [2.75, 3.05) is 6.54 Å². The van der Waals surface area contributed by atoms with Gasteiger partial charge in [0.05, 0.1) is 22.5 Å². The second-order valence-electron chi connectivity index (χ2n) is 13.0. The van der Waals surface area contributed by atoms with E-state index in [1.165, 1.54) is 25.7 Å². The number of fused-ring (bicyclic) bond motifs is 2. The lowest BCUT2D eigenvalue weighted by atomic mass is 9.53. The number of aromatic nitrogens is 4. The van der Waals surface area contributed by atoms with Crippen molar-refractivity contribution < 1.29 is 9.90 Å². The lowest BCUT2D eigenvalue weighted by Gasteiger charge is -2.52. The Morgan fingerprint density at radius 1 is 1.02 bits per heavy atom. The molecule has 0 radical (unpaired) electrons. The molecule has 41 heavy (non-hydrogen) atoms. The van der Waals surface area contributed by atoms with Gasteiger partial charge in [0.15, 0.2) is 0 Å². The molecule has 3 aliphatic carbocycles. The summed E-state index contributed by atoms with van der Waals surface area (Å²) in [7, 11) is 0. The standard InChI is InChI=1S/C34H33N5O2/c1-18-25(4-3-5-30(18)40)26-10-8-21-13-29(37(33(21)35-26)15-20-6-7-20)32-19(2)27-11-9-22(17-39(27)36-32)34(41)38-16-24-12-23-14-28(38)31(23)24/h3-5,8-11,13,17,20,23-24,28,31,40H,6-7,12,14-16H2,1-2H3/t23?,24?,28?,31-/m1/s1. The Morgan fingerprint density at radius 2 is 1.90 bits per heavy atom. The molecule has 5 heterocycles. The summed E-state index contributed by atoms with van der Waals surface area (Å²) in [6, 6.07) is 16.5. The maximum Gasteiger partial charge on any atom is 0.255 e. The van der Waals surface area contributed by atoms with Crippen molar-refractivity contribution in [1.29, 1.82) is 0 Å². The van der Waals surface area contributed by atoms with Gasteiger partial charge in [-0.15, -0.1) is 0 Å². The highest BCUT2D eigenvalue weighted by Crippen LogP contribution is 2.60. The highest BCUT2D eigenvalue weighted by Gasteiger charge is 2.61. The zero-order chi connectivity index (χ0) is 27.6. The van der Waals surface area contributed by atoms with Gasteiger partial charge in [-0.3, -0.25) is 4.79 Å². The third kappa shape index (κ3) is 3.35. The average molecular weight is 544 g/mol. The van der Waals surface area contributed by atoms with E-state index in [1.54, 1.807) is 6.07 Å². The minimum absolute atomic E-state index is 0.154. The number of phenols is 1. The molecule has 3 saturated carbocycles. The normalized spacial score (nSPS) is 24.5. The molecule has 4 aliphatic rings. The van der Waals surface area contributed by atoms with Gasteiger partial charge in [0, 0.05) is 47.4 Å². The van der Waals surface area contributed by atoms with Crippen LogP contribution in [0, 0.1) is 37.5 Å². The minimum atomic E-state index is 0.154. The molecule has 0 bridgehead atoms. The van der Waals surface area contributed by atoms with Gasteiger partial charge in [-0.25, -0.2) is 9.50 Å².